The van der Waals surface area contributed by atoms with Crippen LogP contribution in [0.15, 0.2) is 42.5 Å². The highest BCUT2D eigenvalue weighted by Gasteiger charge is 2.40. The first kappa shape index (κ1) is 25.1. The van der Waals surface area contributed by atoms with Crippen LogP contribution >= 0.6 is 0 Å². The Bertz CT molecular complexity index is 1270. The second-order valence-corrected chi connectivity index (χ2v) is 10.4. The van der Waals surface area contributed by atoms with Crippen LogP contribution in [0.5, 0.6) is 5.75 Å². The zero-order valence-corrected chi connectivity index (χ0v) is 21.3. The van der Waals surface area contributed by atoms with Crippen molar-refractivity contribution in [2.75, 3.05) is 6.61 Å². The van der Waals surface area contributed by atoms with E-state index < -0.39 is 17.3 Å². The van der Waals surface area contributed by atoms with Gasteiger partial charge in [0.1, 0.15) is 48.5 Å². The summed E-state index contributed by atoms with van der Waals surface area (Å²) in [7, 11) is 5.99. The van der Waals surface area contributed by atoms with Gasteiger partial charge in [0.15, 0.2) is 0 Å². The van der Waals surface area contributed by atoms with Crippen molar-refractivity contribution < 1.29 is 28.7 Å². The van der Waals surface area contributed by atoms with Crippen molar-refractivity contribution in [3.63, 3.8) is 0 Å². The Balaban J connectivity index is 1.23. The summed E-state index contributed by atoms with van der Waals surface area (Å²) in [5.74, 6) is -0.432. The van der Waals surface area contributed by atoms with Crippen LogP contribution in [-0.2, 0) is 38.8 Å². The van der Waals surface area contributed by atoms with E-state index in [0.29, 0.717) is 30.9 Å². The van der Waals surface area contributed by atoms with Gasteiger partial charge in [-0.15, -0.1) is 0 Å². The molecule has 2 aromatic rings. The van der Waals surface area contributed by atoms with Crippen molar-refractivity contribution >= 4 is 47.2 Å². The van der Waals surface area contributed by atoms with Crippen LogP contribution in [0.2, 0.25) is 0 Å². The first-order chi connectivity index (χ1) is 17.6. The van der Waals surface area contributed by atoms with Crippen LogP contribution in [-0.4, -0.2) is 81.0 Å². The predicted octanol–water partition coefficient (Wildman–Crippen LogP) is -1.74. The molecular formula is C25H28B3N3O6. The molecule has 12 heteroatoms. The van der Waals surface area contributed by atoms with Crippen LogP contribution in [0, 0.1) is 0 Å². The Hall–Kier alpha value is -3.53. The molecule has 2 atom stereocenters. The van der Waals surface area contributed by atoms with E-state index in [2.05, 4.69) is 5.32 Å². The lowest BCUT2D eigenvalue weighted by Crippen LogP contribution is -2.62. The molecule has 3 heterocycles. The zero-order valence-electron chi connectivity index (χ0n) is 21.3. The van der Waals surface area contributed by atoms with Gasteiger partial charge in [-0.2, -0.15) is 0 Å². The van der Waals surface area contributed by atoms with Gasteiger partial charge < -0.3 is 19.3 Å². The molecule has 188 valence electrons. The summed E-state index contributed by atoms with van der Waals surface area (Å²) in [5.41, 5.74) is 3.24. The standard InChI is InChI=1S/C25H28B3N3O6/c26-24-25(27,28)37-13-21(33)31(24)10-14-4-6-15(7-5-14)12-36-19-3-1-2-16-17(19)11-30(23(16)35)18-8-9-20(32)29-22(18)34/h1-7,18,24H,8-13,26-28H2,(H,29,32,34). The number of carbonyl (C=O) groups is 4. The minimum Gasteiger partial charge on any atom is -0.489 e. The van der Waals surface area contributed by atoms with Gasteiger partial charge in [-0.25, -0.2) is 0 Å². The van der Waals surface area contributed by atoms with E-state index in [-0.39, 0.29) is 43.2 Å². The van der Waals surface area contributed by atoms with Gasteiger partial charge >= 0.3 is 0 Å². The van der Waals surface area contributed by atoms with Crippen molar-refractivity contribution in [3.05, 3.63) is 64.7 Å². The molecule has 9 nitrogen and oxygen atoms in total. The van der Waals surface area contributed by atoms with Gasteiger partial charge in [0.05, 0.1) is 6.54 Å². The molecule has 0 aliphatic carbocycles. The summed E-state index contributed by atoms with van der Waals surface area (Å²) in [6, 6.07) is 12.6. The molecular weight excluding hydrogens is 471 g/mol. The first-order valence-electron chi connectivity index (χ1n) is 12.5. The van der Waals surface area contributed by atoms with Crippen LogP contribution in [0.1, 0.15) is 39.9 Å². The summed E-state index contributed by atoms with van der Waals surface area (Å²) in [4.78, 5) is 52.6. The minimum absolute atomic E-state index is 0.0157. The van der Waals surface area contributed by atoms with Gasteiger partial charge in [0, 0.05) is 35.4 Å². The first-order valence-corrected chi connectivity index (χ1v) is 12.5. The largest absolute Gasteiger partial charge is 0.489 e. The molecule has 37 heavy (non-hydrogen) atoms. The van der Waals surface area contributed by atoms with Crippen LogP contribution in [0.25, 0.3) is 0 Å². The number of imide groups is 1. The number of amides is 4. The van der Waals surface area contributed by atoms with Gasteiger partial charge in [-0.05, 0) is 29.7 Å². The molecule has 0 radical (unpaired) electrons. The number of piperidine rings is 1. The summed E-state index contributed by atoms with van der Waals surface area (Å²) < 4.78 is 11.8. The average molecular weight is 499 g/mol. The number of fused-ring (bicyclic) bond motifs is 1. The summed E-state index contributed by atoms with van der Waals surface area (Å²) >= 11 is 0. The Labute approximate surface area is 218 Å². The number of ether oxygens (including phenoxy) is 2. The lowest BCUT2D eigenvalue weighted by molar-refractivity contribution is -0.150. The van der Waals surface area contributed by atoms with E-state index >= 15 is 0 Å². The highest BCUT2D eigenvalue weighted by Crippen LogP contribution is 2.34. The van der Waals surface area contributed by atoms with Gasteiger partial charge in [-0.1, -0.05) is 30.3 Å². The SMILES string of the molecule is BC1N(Cc2ccc(COc3cccc4c3CN(C3CCC(=O)NC3=O)C4=O)cc2)C(=O)COC1(B)B. The van der Waals surface area contributed by atoms with E-state index in [1.165, 1.54) is 4.90 Å². The highest BCUT2D eigenvalue weighted by atomic mass is 16.5. The molecule has 2 unspecified atom stereocenters. The number of morpholine rings is 1. The van der Waals surface area contributed by atoms with Crippen LogP contribution in [0.4, 0.5) is 0 Å². The molecule has 2 aromatic carbocycles. The molecule has 2 saturated heterocycles. The maximum Gasteiger partial charge on any atom is 0.255 e. The molecule has 3 aliphatic heterocycles. The normalized spacial score (nSPS) is 23.1. The maximum atomic E-state index is 13.0. The van der Waals surface area contributed by atoms with E-state index in [0.717, 1.165) is 16.7 Å². The van der Waals surface area contributed by atoms with Crippen LogP contribution in [0.3, 0.4) is 0 Å². The topological polar surface area (TPSA) is 105 Å². The molecule has 1 N–H and O–H groups in total. The minimum atomic E-state index is -0.662. The number of hydrogen-bond acceptors (Lipinski definition) is 6. The second kappa shape index (κ2) is 9.74. The van der Waals surface area contributed by atoms with Gasteiger partial charge in [0.25, 0.3) is 5.91 Å². The monoisotopic (exact) mass is 499 g/mol. The van der Waals surface area contributed by atoms with Crippen molar-refractivity contribution in [2.45, 2.75) is 49.9 Å². The summed E-state index contributed by atoms with van der Waals surface area (Å²) in [5, 5.41) is 1.93. The van der Waals surface area contributed by atoms with E-state index in [1.807, 2.05) is 58.8 Å². The third kappa shape index (κ3) is 4.90. The zero-order chi connectivity index (χ0) is 26.3. The predicted molar refractivity (Wildman–Crippen MR) is 142 cm³/mol. The molecule has 5 rings (SSSR count). The molecule has 3 aliphatic rings. The molecule has 0 saturated carbocycles. The van der Waals surface area contributed by atoms with Crippen LogP contribution < -0.4 is 10.1 Å². The smallest absolute Gasteiger partial charge is 0.255 e. The van der Waals surface area contributed by atoms with Crippen molar-refractivity contribution in [1.82, 2.24) is 15.1 Å². The number of hydrogen-bond donors (Lipinski definition) is 1. The Morgan fingerprint density at radius 3 is 2.51 bits per heavy atom. The molecule has 4 amide bonds. The second-order valence-electron chi connectivity index (χ2n) is 10.4. The fraction of sp³-hybridized carbons (Fsp3) is 0.360. The van der Waals surface area contributed by atoms with E-state index in [9.17, 15) is 19.2 Å². The van der Waals surface area contributed by atoms with E-state index in [1.54, 1.807) is 12.1 Å². The maximum absolute atomic E-state index is 13.0. The number of carbonyl (C=O) groups excluding carboxylic acids is 4. The summed E-state index contributed by atoms with van der Waals surface area (Å²) in [6.45, 7) is 1.17. The quantitative estimate of drug-likeness (QED) is 0.375. The van der Waals surface area contributed by atoms with Crippen molar-refractivity contribution in [2.24, 2.45) is 0 Å². The fourth-order valence-corrected chi connectivity index (χ4v) is 5.06. The third-order valence-corrected chi connectivity index (χ3v) is 7.67. The fourth-order valence-electron chi connectivity index (χ4n) is 5.06. The Kier molecular flexibility index (Phi) is 6.62. The number of nitrogens with one attached hydrogen (secondary N) is 1. The lowest BCUT2D eigenvalue weighted by atomic mass is 9.54. The number of benzene rings is 2. The Morgan fingerprint density at radius 2 is 1.78 bits per heavy atom. The molecule has 0 bridgehead atoms. The molecule has 0 aromatic heterocycles. The van der Waals surface area contributed by atoms with Crippen molar-refractivity contribution in [3.8, 4) is 5.75 Å². The highest BCUT2D eigenvalue weighted by molar-refractivity contribution is 6.43. The number of nitrogens with zero attached hydrogens (tertiary/aromatic N) is 2. The number of rotatable bonds is 6. The Morgan fingerprint density at radius 1 is 1.05 bits per heavy atom. The third-order valence-electron chi connectivity index (χ3n) is 7.67. The van der Waals surface area contributed by atoms with Gasteiger partial charge in [-0.3, -0.25) is 24.5 Å². The molecule has 2 fully saturated rings. The average Bonchev–Trinajstić information content (AvgIpc) is 3.21. The van der Waals surface area contributed by atoms with E-state index in [4.69, 9.17) is 9.47 Å². The van der Waals surface area contributed by atoms with Gasteiger partial charge in [0.2, 0.25) is 17.7 Å². The lowest BCUT2D eigenvalue weighted by Gasteiger charge is -2.45. The summed E-state index contributed by atoms with van der Waals surface area (Å²) in [6.07, 6.45) is 0.533. The van der Waals surface area contributed by atoms with Crippen molar-refractivity contribution in [1.29, 1.82) is 0 Å². The molecule has 0 spiro atoms.